The van der Waals surface area contributed by atoms with Crippen LogP contribution in [0.25, 0.3) is 0 Å². The minimum absolute atomic E-state index is 0.0348. The van der Waals surface area contributed by atoms with Crippen molar-refractivity contribution in [1.82, 2.24) is 10.2 Å². The number of para-hydroxylation sites is 1. The minimum atomic E-state index is -0.0348. The van der Waals surface area contributed by atoms with Crippen molar-refractivity contribution in [3.05, 3.63) is 65.7 Å². The first-order valence-corrected chi connectivity index (χ1v) is 10.7. The van der Waals surface area contributed by atoms with Gasteiger partial charge in [0.1, 0.15) is 0 Å². The molecular weight excluding hydrogens is 376 g/mol. The minimum Gasteiger partial charge on any atom is -0.357 e. The van der Waals surface area contributed by atoms with E-state index >= 15 is 0 Å². The normalized spacial score (nSPS) is 13.3. The van der Waals surface area contributed by atoms with E-state index in [0.717, 1.165) is 27.1 Å². The topological polar surface area (TPSA) is 66.9 Å². The van der Waals surface area contributed by atoms with Crippen molar-refractivity contribution in [2.24, 2.45) is 0 Å². The second-order valence-electron chi connectivity index (χ2n) is 6.45. The van der Waals surface area contributed by atoms with Crippen LogP contribution in [0.2, 0.25) is 0 Å². The molecule has 1 saturated carbocycles. The van der Waals surface area contributed by atoms with Gasteiger partial charge in [0.25, 0.3) is 0 Å². The third-order valence-electron chi connectivity index (χ3n) is 4.17. The zero-order chi connectivity index (χ0) is 18.5. The number of nitrogens with one attached hydrogen (secondary N) is 2. The molecule has 2 aromatic carbocycles. The molecule has 1 aliphatic rings. The largest absolute Gasteiger partial charge is 0.357 e. The number of benzene rings is 2. The Balaban J connectivity index is 1.33. The van der Waals surface area contributed by atoms with Crippen molar-refractivity contribution in [1.29, 1.82) is 0 Å². The van der Waals surface area contributed by atoms with Gasteiger partial charge in [-0.15, -0.1) is 10.2 Å². The number of hydrogen-bond donors (Lipinski definition) is 2. The lowest BCUT2D eigenvalue weighted by atomic mass is 10.0. The van der Waals surface area contributed by atoms with E-state index in [1.54, 1.807) is 0 Å². The summed E-state index contributed by atoms with van der Waals surface area (Å²) in [5.41, 5.74) is 3.19. The fourth-order valence-electron chi connectivity index (χ4n) is 2.65. The molecule has 138 valence electrons. The average Bonchev–Trinajstić information content (AvgIpc) is 3.38. The first-order chi connectivity index (χ1) is 13.3. The van der Waals surface area contributed by atoms with E-state index in [1.807, 2.05) is 36.4 Å². The van der Waals surface area contributed by atoms with E-state index in [-0.39, 0.29) is 5.91 Å². The lowest BCUT2D eigenvalue weighted by Crippen LogP contribution is -2.15. The number of rotatable bonds is 8. The molecule has 1 fully saturated rings. The van der Waals surface area contributed by atoms with Crippen LogP contribution in [-0.4, -0.2) is 27.9 Å². The highest BCUT2D eigenvalue weighted by atomic mass is 32.2. The monoisotopic (exact) mass is 396 g/mol. The number of thioether (sulfide) groups is 1. The summed E-state index contributed by atoms with van der Waals surface area (Å²) in [6.45, 7) is 0. The Morgan fingerprint density at radius 1 is 1.07 bits per heavy atom. The molecule has 0 unspecified atom stereocenters. The van der Waals surface area contributed by atoms with Gasteiger partial charge in [0.05, 0.1) is 5.75 Å². The maximum absolute atomic E-state index is 12.4. The Bertz CT molecular complexity index is 909. The average molecular weight is 397 g/mol. The zero-order valence-electron chi connectivity index (χ0n) is 14.7. The molecule has 1 heterocycles. The van der Waals surface area contributed by atoms with Gasteiger partial charge in [0, 0.05) is 11.7 Å². The molecule has 1 aliphatic carbocycles. The molecule has 0 aliphatic heterocycles. The second kappa shape index (κ2) is 8.54. The van der Waals surface area contributed by atoms with Gasteiger partial charge in [-0.2, -0.15) is 0 Å². The molecule has 2 N–H and O–H groups in total. The summed E-state index contributed by atoms with van der Waals surface area (Å²) in [7, 11) is 0. The van der Waals surface area contributed by atoms with Crippen molar-refractivity contribution in [2.75, 3.05) is 16.4 Å². The fourth-order valence-corrected chi connectivity index (χ4v) is 4.28. The number of anilines is 2. The number of nitrogens with zero attached hydrogens (tertiary/aromatic N) is 2. The molecule has 0 atom stereocenters. The summed E-state index contributed by atoms with van der Waals surface area (Å²) < 4.78 is 0.811. The molecule has 4 rings (SSSR count). The van der Waals surface area contributed by atoms with Gasteiger partial charge >= 0.3 is 0 Å². The van der Waals surface area contributed by atoms with Crippen LogP contribution in [0.15, 0.2) is 58.9 Å². The molecule has 5 nitrogen and oxygen atoms in total. The maximum Gasteiger partial charge on any atom is 0.234 e. The Kier molecular flexibility index (Phi) is 5.69. The lowest BCUT2D eigenvalue weighted by molar-refractivity contribution is -0.113. The maximum atomic E-state index is 12.4. The molecule has 0 saturated heterocycles. The van der Waals surface area contributed by atoms with E-state index in [2.05, 4.69) is 39.0 Å². The number of hydrogen-bond acceptors (Lipinski definition) is 6. The number of amides is 1. The number of carbonyl (C=O) groups is 1. The van der Waals surface area contributed by atoms with Gasteiger partial charge in [0.2, 0.25) is 11.0 Å². The summed E-state index contributed by atoms with van der Waals surface area (Å²) in [5, 5.41) is 15.5. The highest BCUT2D eigenvalue weighted by Crippen LogP contribution is 2.30. The Morgan fingerprint density at radius 3 is 2.67 bits per heavy atom. The molecule has 27 heavy (non-hydrogen) atoms. The van der Waals surface area contributed by atoms with Crippen LogP contribution in [0, 0.1) is 0 Å². The molecule has 1 aromatic heterocycles. The number of carbonyl (C=O) groups excluding carboxylic acids is 1. The van der Waals surface area contributed by atoms with Crippen LogP contribution >= 0.6 is 23.1 Å². The molecule has 0 spiro atoms. The van der Waals surface area contributed by atoms with Crippen LogP contribution in [0.5, 0.6) is 0 Å². The van der Waals surface area contributed by atoms with E-state index in [9.17, 15) is 4.79 Å². The van der Waals surface area contributed by atoms with Gasteiger partial charge in [-0.05, 0) is 36.5 Å². The molecule has 1 amide bonds. The smallest absolute Gasteiger partial charge is 0.234 e. The number of aromatic nitrogens is 2. The molecular formula is C20H20N4OS2. The molecule has 0 bridgehead atoms. The van der Waals surface area contributed by atoms with Crippen LogP contribution in [0.1, 0.15) is 24.0 Å². The molecule has 0 radical (unpaired) electrons. The first-order valence-electron chi connectivity index (χ1n) is 8.91. The third kappa shape index (κ3) is 5.30. The van der Waals surface area contributed by atoms with Crippen molar-refractivity contribution in [3.63, 3.8) is 0 Å². The van der Waals surface area contributed by atoms with Gasteiger partial charge in [-0.25, -0.2) is 0 Å². The Morgan fingerprint density at radius 2 is 1.85 bits per heavy atom. The summed E-state index contributed by atoms with van der Waals surface area (Å²) in [5.74, 6) is 0.282. The molecule has 3 aromatic rings. The molecule has 7 heteroatoms. The van der Waals surface area contributed by atoms with Gasteiger partial charge in [-0.1, -0.05) is 71.6 Å². The third-order valence-corrected chi connectivity index (χ3v) is 6.15. The van der Waals surface area contributed by atoms with E-state index in [1.165, 1.54) is 41.5 Å². The highest BCUT2D eigenvalue weighted by Gasteiger charge is 2.22. The van der Waals surface area contributed by atoms with Crippen LogP contribution in [0.3, 0.4) is 0 Å². The van der Waals surface area contributed by atoms with E-state index < -0.39 is 0 Å². The van der Waals surface area contributed by atoms with E-state index in [4.69, 9.17) is 0 Å². The van der Waals surface area contributed by atoms with Crippen molar-refractivity contribution in [2.45, 2.75) is 29.6 Å². The quantitative estimate of drug-likeness (QED) is 0.551. The predicted molar refractivity (Wildman–Crippen MR) is 112 cm³/mol. The van der Waals surface area contributed by atoms with Gasteiger partial charge in [0.15, 0.2) is 4.34 Å². The summed E-state index contributed by atoms with van der Waals surface area (Å²) in [6, 6.07) is 18.8. The standard InChI is InChI=1S/C20H20N4OS2/c25-18(13-26-20-24-23-19(27-20)21-16-10-11-16)22-17-9-5-4-8-15(17)12-14-6-2-1-3-7-14/h1-9,16H,10-13H2,(H,21,23)(H,22,25). The second-order valence-corrected chi connectivity index (χ2v) is 8.65. The van der Waals surface area contributed by atoms with Crippen molar-refractivity contribution >= 4 is 39.8 Å². The summed E-state index contributed by atoms with van der Waals surface area (Å²) in [6.07, 6.45) is 3.19. The first kappa shape index (κ1) is 18.0. The Labute approximate surface area is 166 Å². The predicted octanol–water partition coefficient (Wildman–Crippen LogP) is 4.43. The lowest BCUT2D eigenvalue weighted by Gasteiger charge is -2.11. The summed E-state index contributed by atoms with van der Waals surface area (Å²) >= 11 is 2.92. The SMILES string of the molecule is O=C(CSc1nnc(NC2CC2)s1)Nc1ccccc1Cc1ccccc1. The zero-order valence-corrected chi connectivity index (χ0v) is 16.4. The van der Waals surface area contributed by atoms with E-state index in [0.29, 0.717) is 11.8 Å². The van der Waals surface area contributed by atoms with Gasteiger partial charge in [-0.3, -0.25) is 4.79 Å². The fraction of sp³-hybridized carbons (Fsp3) is 0.250. The van der Waals surface area contributed by atoms with Crippen molar-refractivity contribution in [3.8, 4) is 0 Å². The van der Waals surface area contributed by atoms with Crippen LogP contribution < -0.4 is 10.6 Å². The van der Waals surface area contributed by atoms with Crippen LogP contribution in [-0.2, 0) is 11.2 Å². The summed E-state index contributed by atoms with van der Waals surface area (Å²) in [4.78, 5) is 12.4. The van der Waals surface area contributed by atoms with Crippen molar-refractivity contribution < 1.29 is 4.79 Å². The Hall–Kier alpha value is -2.38. The van der Waals surface area contributed by atoms with Gasteiger partial charge < -0.3 is 10.6 Å². The highest BCUT2D eigenvalue weighted by molar-refractivity contribution is 8.01. The van der Waals surface area contributed by atoms with Crippen LogP contribution in [0.4, 0.5) is 10.8 Å².